The Labute approximate surface area is 169 Å². The van der Waals surface area contributed by atoms with Gasteiger partial charge in [0.15, 0.2) is 0 Å². The van der Waals surface area contributed by atoms with E-state index in [0.29, 0.717) is 16.1 Å². The highest BCUT2D eigenvalue weighted by molar-refractivity contribution is 7.16. The van der Waals surface area contributed by atoms with Gasteiger partial charge in [-0.2, -0.15) is 0 Å². The third kappa shape index (κ3) is 4.49. The lowest BCUT2D eigenvalue weighted by Crippen LogP contribution is -2.14. The highest BCUT2D eigenvalue weighted by Gasteiger charge is 2.22. The Morgan fingerprint density at radius 3 is 2.39 bits per heavy atom. The Balaban J connectivity index is 1.92. The number of hydrogen-bond donors (Lipinski definition) is 1. The van der Waals surface area contributed by atoms with E-state index in [1.807, 2.05) is 43.3 Å². The van der Waals surface area contributed by atoms with Crippen molar-refractivity contribution >= 4 is 28.2 Å². The van der Waals surface area contributed by atoms with Gasteiger partial charge in [0.25, 0.3) is 5.91 Å². The number of carbonyl (C=O) groups is 2. The van der Waals surface area contributed by atoms with Gasteiger partial charge in [-0.05, 0) is 37.6 Å². The highest BCUT2D eigenvalue weighted by Crippen LogP contribution is 2.36. The number of amides is 1. The molecule has 0 aliphatic rings. The summed E-state index contributed by atoms with van der Waals surface area (Å²) in [5.41, 5.74) is 3.17. The SMILES string of the molecule is CCOC(=O)c1cc(C(C)c2ccccc2)sc1NC(=O)c1ccc(C)cc1. The summed E-state index contributed by atoms with van der Waals surface area (Å²) in [6.45, 7) is 6.10. The lowest BCUT2D eigenvalue weighted by atomic mass is 9.99. The minimum Gasteiger partial charge on any atom is -0.462 e. The molecule has 1 amide bonds. The van der Waals surface area contributed by atoms with E-state index in [1.54, 1.807) is 19.1 Å². The van der Waals surface area contributed by atoms with Gasteiger partial charge in [-0.3, -0.25) is 4.79 Å². The summed E-state index contributed by atoms with van der Waals surface area (Å²) < 4.78 is 5.19. The molecule has 0 aliphatic carbocycles. The molecule has 1 unspecified atom stereocenters. The van der Waals surface area contributed by atoms with Gasteiger partial charge in [0.05, 0.1) is 12.2 Å². The van der Waals surface area contributed by atoms with E-state index in [9.17, 15) is 9.59 Å². The average molecular weight is 394 g/mol. The third-order valence-electron chi connectivity index (χ3n) is 4.51. The number of esters is 1. The van der Waals surface area contributed by atoms with Crippen molar-refractivity contribution in [3.8, 4) is 0 Å². The van der Waals surface area contributed by atoms with Gasteiger partial charge in [-0.1, -0.05) is 55.0 Å². The molecule has 0 fully saturated rings. The smallest absolute Gasteiger partial charge is 0.341 e. The molecule has 0 radical (unpaired) electrons. The molecule has 0 saturated heterocycles. The first-order valence-corrected chi connectivity index (χ1v) is 10.0. The van der Waals surface area contributed by atoms with Crippen LogP contribution in [0, 0.1) is 6.92 Å². The van der Waals surface area contributed by atoms with Crippen LogP contribution in [0.15, 0.2) is 60.7 Å². The van der Waals surface area contributed by atoms with Crippen LogP contribution in [-0.4, -0.2) is 18.5 Å². The van der Waals surface area contributed by atoms with E-state index in [4.69, 9.17) is 4.74 Å². The number of nitrogens with one attached hydrogen (secondary N) is 1. The molecule has 4 nitrogen and oxygen atoms in total. The van der Waals surface area contributed by atoms with Crippen LogP contribution in [0.4, 0.5) is 5.00 Å². The predicted molar refractivity (Wildman–Crippen MR) is 113 cm³/mol. The van der Waals surface area contributed by atoms with Crippen LogP contribution in [0.1, 0.15) is 56.5 Å². The van der Waals surface area contributed by atoms with Gasteiger partial charge in [-0.25, -0.2) is 4.79 Å². The van der Waals surface area contributed by atoms with Crippen LogP contribution in [0.5, 0.6) is 0 Å². The summed E-state index contributed by atoms with van der Waals surface area (Å²) in [5.74, 6) is -0.569. The Hall–Kier alpha value is -2.92. The molecule has 1 aromatic heterocycles. The summed E-state index contributed by atoms with van der Waals surface area (Å²) in [5, 5.41) is 3.41. The van der Waals surface area contributed by atoms with Crippen LogP contribution >= 0.6 is 11.3 Å². The molecule has 0 aliphatic heterocycles. The van der Waals surface area contributed by atoms with E-state index in [-0.39, 0.29) is 18.4 Å². The van der Waals surface area contributed by atoms with Crippen LogP contribution in [0.3, 0.4) is 0 Å². The van der Waals surface area contributed by atoms with Crippen LogP contribution in [0.2, 0.25) is 0 Å². The number of anilines is 1. The first-order valence-electron chi connectivity index (χ1n) is 9.23. The third-order valence-corrected chi connectivity index (χ3v) is 5.75. The number of benzene rings is 2. The van der Waals surface area contributed by atoms with Crippen LogP contribution < -0.4 is 5.32 Å². The molecule has 2 aromatic carbocycles. The highest BCUT2D eigenvalue weighted by atomic mass is 32.1. The quantitative estimate of drug-likeness (QED) is 0.552. The molecule has 0 spiro atoms. The zero-order chi connectivity index (χ0) is 20.1. The van der Waals surface area contributed by atoms with E-state index in [0.717, 1.165) is 16.0 Å². The maximum Gasteiger partial charge on any atom is 0.341 e. The van der Waals surface area contributed by atoms with Gasteiger partial charge >= 0.3 is 5.97 Å². The van der Waals surface area contributed by atoms with Gasteiger partial charge < -0.3 is 10.1 Å². The van der Waals surface area contributed by atoms with Crippen molar-refractivity contribution in [3.63, 3.8) is 0 Å². The molecule has 28 heavy (non-hydrogen) atoms. The topological polar surface area (TPSA) is 55.4 Å². The van der Waals surface area contributed by atoms with E-state index < -0.39 is 5.97 Å². The van der Waals surface area contributed by atoms with Crippen molar-refractivity contribution in [2.45, 2.75) is 26.7 Å². The van der Waals surface area contributed by atoms with Crippen molar-refractivity contribution in [1.82, 2.24) is 0 Å². The fraction of sp³-hybridized carbons (Fsp3) is 0.217. The Bertz CT molecular complexity index is 961. The molecular weight excluding hydrogens is 370 g/mol. The van der Waals surface area contributed by atoms with E-state index in [1.165, 1.54) is 11.3 Å². The monoisotopic (exact) mass is 393 g/mol. The normalized spacial score (nSPS) is 11.7. The van der Waals surface area contributed by atoms with Gasteiger partial charge in [0.2, 0.25) is 0 Å². The number of rotatable bonds is 6. The average Bonchev–Trinajstić information content (AvgIpc) is 3.12. The summed E-state index contributed by atoms with van der Waals surface area (Å²) >= 11 is 1.41. The summed E-state index contributed by atoms with van der Waals surface area (Å²) in [6, 6.07) is 19.2. The van der Waals surface area contributed by atoms with Crippen molar-refractivity contribution in [3.05, 3.63) is 87.8 Å². The van der Waals surface area contributed by atoms with E-state index >= 15 is 0 Å². The Kier molecular flexibility index (Phi) is 6.26. The van der Waals surface area contributed by atoms with Gasteiger partial charge in [0, 0.05) is 16.4 Å². The molecule has 5 heteroatoms. The second-order valence-corrected chi connectivity index (χ2v) is 7.65. The zero-order valence-electron chi connectivity index (χ0n) is 16.2. The number of carbonyl (C=O) groups excluding carboxylic acids is 2. The van der Waals surface area contributed by atoms with Crippen molar-refractivity contribution in [2.75, 3.05) is 11.9 Å². The zero-order valence-corrected chi connectivity index (χ0v) is 17.0. The first-order chi connectivity index (χ1) is 13.5. The molecule has 0 saturated carbocycles. The predicted octanol–water partition coefficient (Wildman–Crippen LogP) is 5.64. The van der Waals surface area contributed by atoms with Crippen LogP contribution in [0.25, 0.3) is 0 Å². The fourth-order valence-electron chi connectivity index (χ4n) is 2.86. The maximum atomic E-state index is 12.7. The number of thiophene rings is 1. The van der Waals surface area contributed by atoms with E-state index in [2.05, 4.69) is 24.4 Å². The van der Waals surface area contributed by atoms with Crippen molar-refractivity contribution < 1.29 is 14.3 Å². The molecular formula is C23H23NO3S. The second kappa shape index (κ2) is 8.85. The standard InChI is InChI=1S/C23H23NO3S/c1-4-27-23(26)19-14-20(16(3)17-8-6-5-7-9-17)28-22(19)24-21(25)18-12-10-15(2)11-13-18/h5-14,16H,4H2,1-3H3,(H,24,25). The van der Waals surface area contributed by atoms with Crippen molar-refractivity contribution in [1.29, 1.82) is 0 Å². The molecule has 1 N–H and O–H groups in total. The lowest BCUT2D eigenvalue weighted by Gasteiger charge is -2.09. The largest absolute Gasteiger partial charge is 0.462 e. The fourth-order valence-corrected chi connectivity index (χ4v) is 3.98. The lowest BCUT2D eigenvalue weighted by molar-refractivity contribution is 0.0528. The number of aryl methyl sites for hydroxylation is 1. The summed E-state index contributed by atoms with van der Waals surface area (Å²) in [6.07, 6.45) is 0. The Morgan fingerprint density at radius 1 is 1.07 bits per heavy atom. The molecule has 1 heterocycles. The maximum absolute atomic E-state index is 12.7. The Morgan fingerprint density at radius 2 is 1.75 bits per heavy atom. The van der Waals surface area contributed by atoms with Gasteiger partial charge in [0.1, 0.15) is 5.00 Å². The van der Waals surface area contributed by atoms with Gasteiger partial charge in [-0.15, -0.1) is 11.3 Å². The number of ether oxygens (including phenoxy) is 1. The van der Waals surface area contributed by atoms with Crippen LogP contribution in [-0.2, 0) is 4.74 Å². The van der Waals surface area contributed by atoms with Crippen molar-refractivity contribution in [2.24, 2.45) is 0 Å². The minimum atomic E-state index is -0.426. The molecule has 144 valence electrons. The summed E-state index contributed by atoms with van der Waals surface area (Å²) in [7, 11) is 0. The number of hydrogen-bond acceptors (Lipinski definition) is 4. The minimum absolute atomic E-state index is 0.101. The summed E-state index contributed by atoms with van der Waals surface area (Å²) in [4.78, 5) is 26.1. The molecule has 1 atom stereocenters. The first kappa shape index (κ1) is 19.8. The molecule has 3 aromatic rings. The second-order valence-electron chi connectivity index (χ2n) is 6.56. The molecule has 3 rings (SSSR count). The molecule has 0 bridgehead atoms.